The number of Topliss-reactive ketones (excluding diaryl/α,β-unsaturated/α-hetero) is 1. The summed E-state index contributed by atoms with van der Waals surface area (Å²) < 4.78 is 11.1. The highest BCUT2D eigenvalue weighted by atomic mass is 16.5. The number of carbonyl (C=O) groups is 2. The van der Waals surface area contributed by atoms with Crippen molar-refractivity contribution in [2.75, 3.05) is 13.7 Å². The zero-order chi connectivity index (χ0) is 26.6. The van der Waals surface area contributed by atoms with Crippen LogP contribution < -0.4 is 10.1 Å². The first-order valence-electron chi connectivity index (χ1n) is 12.8. The number of hydrogen-bond donors (Lipinski definition) is 2. The Morgan fingerprint density at radius 2 is 1.68 bits per heavy atom. The number of rotatable bonds is 7. The largest absolute Gasteiger partial charge is 0.504 e. The van der Waals surface area contributed by atoms with E-state index in [2.05, 4.69) is 11.4 Å². The second kappa shape index (κ2) is 11.0. The Morgan fingerprint density at radius 3 is 2.39 bits per heavy atom. The molecule has 0 saturated carbocycles. The normalized spacial score (nSPS) is 20.7. The highest BCUT2D eigenvalue weighted by molar-refractivity contribution is 5.96. The lowest BCUT2D eigenvalue weighted by atomic mass is 9.68. The Balaban J connectivity index is 1.52. The summed E-state index contributed by atoms with van der Waals surface area (Å²) in [4.78, 5) is 27.3. The van der Waals surface area contributed by atoms with Crippen LogP contribution in [-0.2, 0) is 20.7 Å². The monoisotopic (exact) mass is 509 g/mol. The maximum Gasteiger partial charge on any atom is 0.336 e. The number of fused-ring (bicyclic) bond motifs is 1. The molecule has 3 aromatic carbocycles. The molecule has 0 saturated heterocycles. The van der Waals surface area contributed by atoms with Gasteiger partial charge in [-0.05, 0) is 35.7 Å². The number of phenols is 1. The zero-order valence-corrected chi connectivity index (χ0v) is 21.5. The molecule has 0 radical (unpaired) electrons. The van der Waals surface area contributed by atoms with Crippen LogP contribution in [0.15, 0.2) is 102 Å². The molecule has 1 aliphatic carbocycles. The smallest absolute Gasteiger partial charge is 0.336 e. The molecule has 0 spiro atoms. The minimum atomic E-state index is -0.579. The van der Waals surface area contributed by atoms with E-state index < -0.39 is 17.8 Å². The van der Waals surface area contributed by atoms with Gasteiger partial charge < -0.3 is 19.9 Å². The van der Waals surface area contributed by atoms with Gasteiger partial charge in [-0.15, -0.1) is 0 Å². The molecule has 0 fully saturated rings. The number of ketones is 1. The van der Waals surface area contributed by atoms with Gasteiger partial charge in [-0.3, -0.25) is 4.79 Å². The molecule has 3 atom stereocenters. The molecule has 0 amide bonds. The van der Waals surface area contributed by atoms with Crippen LogP contribution in [0.3, 0.4) is 0 Å². The fourth-order valence-corrected chi connectivity index (χ4v) is 5.49. The number of nitrogens with one attached hydrogen (secondary N) is 1. The quantitative estimate of drug-likeness (QED) is 0.415. The van der Waals surface area contributed by atoms with Gasteiger partial charge in [0.05, 0.1) is 25.2 Å². The van der Waals surface area contributed by atoms with E-state index in [1.165, 1.54) is 13.2 Å². The number of methoxy groups -OCH3 is 1. The van der Waals surface area contributed by atoms with Gasteiger partial charge in [0.25, 0.3) is 0 Å². The van der Waals surface area contributed by atoms with Gasteiger partial charge in [0.1, 0.15) is 5.78 Å². The van der Waals surface area contributed by atoms with Gasteiger partial charge in [0.2, 0.25) is 0 Å². The van der Waals surface area contributed by atoms with Crippen molar-refractivity contribution in [3.05, 3.63) is 119 Å². The van der Waals surface area contributed by atoms with Crippen molar-refractivity contribution in [1.29, 1.82) is 0 Å². The van der Waals surface area contributed by atoms with Crippen LogP contribution in [0.25, 0.3) is 0 Å². The molecule has 2 aliphatic rings. The Hall–Kier alpha value is -4.32. The molecule has 2 N–H and O–H groups in total. The molecule has 194 valence electrons. The van der Waals surface area contributed by atoms with Crippen molar-refractivity contribution in [2.45, 2.75) is 31.6 Å². The second-order valence-electron chi connectivity index (χ2n) is 9.73. The minimum Gasteiger partial charge on any atom is -0.504 e. The van der Waals surface area contributed by atoms with Crippen LogP contribution in [0.5, 0.6) is 11.5 Å². The van der Waals surface area contributed by atoms with E-state index in [0.29, 0.717) is 29.7 Å². The van der Waals surface area contributed by atoms with Crippen molar-refractivity contribution in [3.8, 4) is 11.5 Å². The summed E-state index contributed by atoms with van der Waals surface area (Å²) >= 11 is 0. The third-order valence-corrected chi connectivity index (χ3v) is 7.34. The number of esters is 1. The first-order valence-corrected chi connectivity index (χ1v) is 12.8. The average Bonchev–Trinajstić information content (AvgIpc) is 2.93. The molecular formula is C32H31NO5. The van der Waals surface area contributed by atoms with Gasteiger partial charge >= 0.3 is 5.97 Å². The van der Waals surface area contributed by atoms with E-state index in [1.54, 1.807) is 12.1 Å². The summed E-state index contributed by atoms with van der Waals surface area (Å²) in [5, 5.41) is 13.6. The van der Waals surface area contributed by atoms with E-state index in [0.717, 1.165) is 16.8 Å². The van der Waals surface area contributed by atoms with Crippen LogP contribution >= 0.6 is 0 Å². The van der Waals surface area contributed by atoms with Crippen LogP contribution in [0.1, 0.15) is 41.9 Å². The van der Waals surface area contributed by atoms with Crippen molar-refractivity contribution in [1.82, 2.24) is 5.32 Å². The Morgan fingerprint density at radius 1 is 0.974 bits per heavy atom. The van der Waals surface area contributed by atoms with E-state index in [9.17, 15) is 14.7 Å². The molecule has 38 heavy (non-hydrogen) atoms. The summed E-state index contributed by atoms with van der Waals surface area (Å²) in [7, 11) is 1.47. The summed E-state index contributed by atoms with van der Waals surface area (Å²) in [5.41, 5.74) is 4.70. The second-order valence-corrected chi connectivity index (χ2v) is 9.73. The number of ether oxygens (including phenoxy) is 2. The SMILES string of the molecule is COc1cc(C2C(C(=O)OCCc3ccccc3)=C(C)NC3=CC(c4ccccc4)CC(=O)C32)ccc1O. The van der Waals surface area contributed by atoms with Gasteiger partial charge in [0.15, 0.2) is 11.5 Å². The van der Waals surface area contributed by atoms with E-state index in [1.807, 2.05) is 67.6 Å². The molecule has 0 bridgehead atoms. The highest BCUT2D eigenvalue weighted by Gasteiger charge is 2.45. The lowest BCUT2D eigenvalue weighted by molar-refractivity contribution is -0.139. The Labute approximate surface area is 222 Å². The predicted octanol–water partition coefficient (Wildman–Crippen LogP) is 5.40. The third kappa shape index (κ3) is 5.07. The summed E-state index contributed by atoms with van der Waals surface area (Å²) in [6, 6.07) is 24.8. The van der Waals surface area contributed by atoms with Gasteiger partial charge in [-0.25, -0.2) is 4.79 Å². The number of hydrogen-bond acceptors (Lipinski definition) is 6. The molecule has 1 aliphatic heterocycles. The van der Waals surface area contributed by atoms with Crippen LogP contribution in [0.2, 0.25) is 0 Å². The number of aromatic hydroxyl groups is 1. The van der Waals surface area contributed by atoms with Gasteiger partial charge in [-0.1, -0.05) is 72.8 Å². The minimum absolute atomic E-state index is 0.00671. The van der Waals surface area contributed by atoms with E-state index in [4.69, 9.17) is 9.47 Å². The maximum atomic E-state index is 13.8. The number of phenolic OH excluding ortho intramolecular Hbond substituents is 1. The predicted molar refractivity (Wildman–Crippen MR) is 145 cm³/mol. The van der Waals surface area contributed by atoms with Crippen molar-refractivity contribution in [2.24, 2.45) is 5.92 Å². The Bertz CT molecular complexity index is 1390. The maximum absolute atomic E-state index is 13.8. The fourth-order valence-electron chi connectivity index (χ4n) is 5.49. The lowest BCUT2D eigenvalue weighted by Crippen LogP contribution is -2.42. The third-order valence-electron chi connectivity index (χ3n) is 7.34. The summed E-state index contributed by atoms with van der Waals surface area (Å²) in [6.07, 6.45) is 3.03. The average molecular weight is 510 g/mol. The van der Waals surface area contributed by atoms with Crippen LogP contribution in [0, 0.1) is 5.92 Å². The topological polar surface area (TPSA) is 84.9 Å². The molecule has 3 unspecified atom stereocenters. The molecule has 3 aromatic rings. The number of allylic oxidation sites excluding steroid dienone is 3. The van der Waals surface area contributed by atoms with E-state index >= 15 is 0 Å². The first-order chi connectivity index (χ1) is 18.5. The Kier molecular flexibility index (Phi) is 7.31. The molecule has 5 rings (SSSR count). The standard InChI is InChI=1S/C32H31NO5/c1-20-29(32(36)38-16-15-21-9-5-3-6-10-21)30(23-13-14-26(34)28(19-23)37-2)31-25(33-20)17-24(18-27(31)35)22-11-7-4-8-12-22/h3-14,17,19,24,30-31,33-34H,15-16,18H2,1-2H3. The summed E-state index contributed by atoms with van der Waals surface area (Å²) in [6.45, 7) is 2.06. The van der Waals surface area contributed by atoms with Crippen LogP contribution in [0.4, 0.5) is 0 Å². The fraction of sp³-hybridized carbons (Fsp3) is 0.250. The molecule has 1 heterocycles. The van der Waals surface area contributed by atoms with Crippen LogP contribution in [-0.4, -0.2) is 30.6 Å². The zero-order valence-electron chi connectivity index (χ0n) is 21.5. The lowest BCUT2D eigenvalue weighted by Gasteiger charge is -2.39. The number of benzene rings is 3. The molecule has 6 nitrogen and oxygen atoms in total. The van der Waals surface area contributed by atoms with Crippen molar-refractivity contribution < 1.29 is 24.2 Å². The highest BCUT2D eigenvalue weighted by Crippen LogP contribution is 2.47. The van der Waals surface area contributed by atoms with Gasteiger partial charge in [0, 0.05) is 36.1 Å². The van der Waals surface area contributed by atoms with Crippen molar-refractivity contribution in [3.63, 3.8) is 0 Å². The van der Waals surface area contributed by atoms with E-state index in [-0.39, 0.29) is 29.8 Å². The molecule has 6 heteroatoms. The van der Waals surface area contributed by atoms with Gasteiger partial charge in [-0.2, -0.15) is 0 Å². The number of carbonyl (C=O) groups excluding carboxylic acids is 2. The van der Waals surface area contributed by atoms with Crippen molar-refractivity contribution >= 4 is 11.8 Å². The summed E-state index contributed by atoms with van der Waals surface area (Å²) in [5.74, 6) is -1.35. The molecular weight excluding hydrogens is 478 g/mol. The molecule has 0 aromatic heterocycles. The first kappa shape index (κ1) is 25.3.